The summed E-state index contributed by atoms with van der Waals surface area (Å²) in [6.45, 7) is 2.30. The lowest BCUT2D eigenvalue weighted by atomic mass is 9.47. The predicted octanol–water partition coefficient (Wildman–Crippen LogP) is 8.19. The highest BCUT2D eigenvalue weighted by Crippen LogP contribution is 2.63. The molecular weight excluding hydrogens is 328 g/mol. The number of unbranched alkanes of at least 4 members (excludes halogenated alkanes) is 13. The topological polar surface area (TPSA) is 20.2 Å². The van der Waals surface area contributed by atoms with Crippen molar-refractivity contribution in [1.82, 2.24) is 0 Å². The van der Waals surface area contributed by atoms with Gasteiger partial charge in [0.25, 0.3) is 0 Å². The van der Waals surface area contributed by atoms with Gasteiger partial charge in [0.2, 0.25) is 0 Å². The number of rotatable bonds is 15. The standard InChI is InChI=1S/C26H48O/c1-2-3-4-5-6-7-8-9-10-11-12-13-14-15-16-25-18-23-17-24(19-25)21-26(27,20-23)22-25/h23-24,27H,2-22H2,1H3. The van der Waals surface area contributed by atoms with Crippen molar-refractivity contribution in [2.24, 2.45) is 17.3 Å². The third-order valence-electron chi connectivity index (χ3n) is 8.21. The van der Waals surface area contributed by atoms with E-state index in [9.17, 15) is 5.11 Å². The van der Waals surface area contributed by atoms with E-state index in [1.807, 2.05) is 0 Å². The largest absolute Gasteiger partial charge is 0.390 e. The number of hydrogen-bond donors (Lipinski definition) is 1. The van der Waals surface area contributed by atoms with Gasteiger partial charge in [-0.2, -0.15) is 0 Å². The van der Waals surface area contributed by atoms with Crippen molar-refractivity contribution in [2.45, 2.75) is 147 Å². The molecule has 0 aromatic rings. The number of hydrogen-bond acceptors (Lipinski definition) is 1. The van der Waals surface area contributed by atoms with Crippen LogP contribution in [0.4, 0.5) is 0 Å². The van der Waals surface area contributed by atoms with Crippen LogP contribution in [0.5, 0.6) is 0 Å². The van der Waals surface area contributed by atoms with Gasteiger partial charge in [-0.3, -0.25) is 0 Å². The molecule has 0 amide bonds. The van der Waals surface area contributed by atoms with Crippen LogP contribution in [0.1, 0.15) is 142 Å². The quantitative estimate of drug-likeness (QED) is 0.286. The molecule has 0 radical (unpaired) electrons. The fourth-order valence-corrected chi connectivity index (χ4v) is 7.39. The molecule has 0 aliphatic heterocycles. The van der Waals surface area contributed by atoms with Gasteiger partial charge in [0.15, 0.2) is 0 Å². The fraction of sp³-hybridized carbons (Fsp3) is 1.00. The Bertz CT molecular complexity index is 400. The van der Waals surface area contributed by atoms with Gasteiger partial charge in [0.1, 0.15) is 0 Å². The molecule has 2 unspecified atom stereocenters. The molecule has 0 aromatic heterocycles. The first-order chi connectivity index (χ1) is 13.1. The molecule has 4 rings (SSSR count). The van der Waals surface area contributed by atoms with Crippen LogP contribution >= 0.6 is 0 Å². The van der Waals surface area contributed by atoms with Gasteiger partial charge in [-0.25, -0.2) is 0 Å². The zero-order valence-electron chi connectivity index (χ0n) is 18.5. The van der Waals surface area contributed by atoms with E-state index in [2.05, 4.69) is 6.92 Å². The fourth-order valence-electron chi connectivity index (χ4n) is 7.39. The molecule has 1 N–H and O–H groups in total. The molecule has 0 heterocycles. The molecule has 0 saturated heterocycles. The van der Waals surface area contributed by atoms with E-state index in [1.165, 1.54) is 116 Å². The first kappa shape index (κ1) is 21.7. The molecular formula is C26H48O. The summed E-state index contributed by atoms with van der Waals surface area (Å²) in [5.74, 6) is 1.73. The Kier molecular flexibility index (Phi) is 8.55. The van der Waals surface area contributed by atoms with E-state index in [-0.39, 0.29) is 5.60 Å². The summed E-state index contributed by atoms with van der Waals surface area (Å²) in [5, 5.41) is 10.9. The zero-order valence-corrected chi connectivity index (χ0v) is 18.5. The molecule has 0 aromatic carbocycles. The molecule has 27 heavy (non-hydrogen) atoms. The van der Waals surface area contributed by atoms with Crippen LogP contribution in [0, 0.1) is 17.3 Å². The second kappa shape index (κ2) is 10.7. The summed E-state index contributed by atoms with van der Waals surface area (Å²) in [5.41, 5.74) is 0.302. The molecule has 0 spiro atoms. The SMILES string of the molecule is CCCCCCCCCCCCCCCCC12CC3CC(CC(O)(C3)C1)C2. The summed E-state index contributed by atoms with van der Waals surface area (Å²) >= 11 is 0. The maximum atomic E-state index is 10.9. The second-order valence-corrected chi connectivity index (χ2v) is 11.0. The lowest BCUT2D eigenvalue weighted by molar-refractivity contribution is -0.166. The third-order valence-corrected chi connectivity index (χ3v) is 8.21. The predicted molar refractivity (Wildman–Crippen MR) is 117 cm³/mol. The minimum Gasteiger partial charge on any atom is -0.390 e. The summed E-state index contributed by atoms with van der Waals surface area (Å²) < 4.78 is 0. The maximum absolute atomic E-state index is 10.9. The highest BCUT2D eigenvalue weighted by Gasteiger charge is 2.56. The Morgan fingerprint density at radius 2 is 1.07 bits per heavy atom. The Labute approximate surface area is 170 Å². The first-order valence-electron chi connectivity index (χ1n) is 12.9. The number of aliphatic hydroxyl groups is 1. The molecule has 2 atom stereocenters. The van der Waals surface area contributed by atoms with E-state index < -0.39 is 0 Å². The Hall–Kier alpha value is -0.0400. The minimum atomic E-state index is -0.250. The molecule has 4 aliphatic carbocycles. The Morgan fingerprint density at radius 1 is 0.630 bits per heavy atom. The highest BCUT2D eigenvalue weighted by atomic mass is 16.3. The summed E-state index contributed by atoms with van der Waals surface area (Å²) in [7, 11) is 0. The lowest BCUT2D eigenvalue weighted by Gasteiger charge is -2.60. The van der Waals surface area contributed by atoms with Gasteiger partial charge in [0.05, 0.1) is 5.60 Å². The van der Waals surface area contributed by atoms with Crippen LogP contribution in [0.15, 0.2) is 0 Å². The zero-order chi connectivity index (χ0) is 19.0. The Balaban J connectivity index is 1.14. The summed E-state index contributed by atoms with van der Waals surface area (Å²) in [6, 6.07) is 0. The van der Waals surface area contributed by atoms with Gasteiger partial charge in [-0.15, -0.1) is 0 Å². The lowest BCUT2D eigenvalue weighted by Crippen LogP contribution is -2.55. The van der Waals surface area contributed by atoms with E-state index in [4.69, 9.17) is 0 Å². The van der Waals surface area contributed by atoms with Gasteiger partial charge < -0.3 is 5.11 Å². The molecule has 4 fully saturated rings. The van der Waals surface area contributed by atoms with Crippen LogP contribution in [-0.4, -0.2) is 10.7 Å². The van der Waals surface area contributed by atoms with Crippen LogP contribution in [-0.2, 0) is 0 Å². The third kappa shape index (κ3) is 6.76. The molecule has 4 aliphatic rings. The van der Waals surface area contributed by atoms with Gasteiger partial charge >= 0.3 is 0 Å². The monoisotopic (exact) mass is 376 g/mol. The van der Waals surface area contributed by atoms with Crippen molar-refractivity contribution in [3.05, 3.63) is 0 Å². The van der Waals surface area contributed by atoms with Gasteiger partial charge in [0, 0.05) is 0 Å². The van der Waals surface area contributed by atoms with Gasteiger partial charge in [-0.1, -0.05) is 96.8 Å². The van der Waals surface area contributed by atoms with Crippen LogP contribution < -0.4 is 0 Å². The molecule has 1 nitrogen and oxygen atoms in total. The van der Waals surface area contributed by atoms with Crippen molar-refractivity contribution in [3.63, 3.8) is 0 Å². The summed E-state index contributed by atoms with van der Waals surface area (Å²) in [4.78, 5) is 0. The van der Waals surface area contributed by atoms with Crippen molar-refractivity contribution in [3.8, 4) is 0 Å². The summed E-state index contributed by atoms with van der Waals surface area (Å²) in [6.07, 6.45) is 29.5. The average Bonchev–Trinajstić information content (AvgIpc) is 2.60. The Morgan fingerprint density at radius 3 is 1.52 bits per heavy atom. The first-order valence-corrected chi connectivity index (χ1v) is 12.9. The smallest absolute Gasteiger partial charge is 0.0658 e. The second-order valence-electron chi connectivity index (χ2n) is 11.0. The average molecular weight is 377 g/mol. The van der Waals surface area contributed by atoms with Crippen molar-refractivity contribution >= 4 is 0 Å². The van der Waals surface area contributed by atoms with E-state index in [0.29, 0.717) is 5.41 Å². The van der Waals surface area contributed by atoms with Gasteiger partial charge in [-0.05, 0) is 62.2 Å². The van der Waals surface area contributed by atoms with Crippen molar-refractivity contribution < 1.29 is 5.11 Å². The van der Waals surface area contributed by atoms with Crippen LogP contribution in [0.3, 0.4) is 0 Å². The molecule has 4 bridgehead atoms. The van der Waals surface area contributed by atoms with Crippen molar-refractivity contribution in [2.75, 3.05) is 0 Å². The van der Waals surface area contributed by atoms with E-state index in [0.717, 1.165) is 31.1 Å². The van der Waals surface area contributed by atoms with Crippen LogP contribution in [0.2, 0.25) is 0 Å². The van der Waals surface area contributed by atoms with Crippen LogP contribution in [0.25, 0.3) is 0 Å². The van der Waals surface area contributed by atoms with E-state index in [1.54, 1.807) is 0 Å². The minimum absolute atomic E-state index is 0.250. The molecule has 1 heteroatoms. The molecule has 4 saturated carbocycles. The molecule has 158 valence electrons. The normalized spacial score (nSPS) is 34.4. The highest BCUT2D eigenvalue weighted by molar-refractivity contribution is 5.08. The van der Waals surface area contributed by atoms with Crippen molar-refractivity contribution in [1.29, 1.82) is 0 Å². The maximum Gasteiger partial charge on any atom is 0.0658 e. The van der Waals surface area contributed by atoms with E-state index >= 15 is 0 Å².